The van der Waals surface area contributed by atoms with Gasteiger partial charge in [-0.1, -0.05) is 13.3 Å². The predicted molar refractivity (Wildman–Crippen MR) is 72.0 cm³/mol. The summed E-state index contributed by atoms with van der Waals surface area (Å²) >= 11 is 0. The van der Waals surface area contributed by atoms with E-state index < -0.39 is 29.6 Å². The van der Waals surface area contributed by atoms with Crippen LogP contribution in [0.15, 0.2) is 0 Å². The largest absolute Gasteiger partial charge is 0.516 e. The lowest BCUT2D eigenvalue weighted by Gasteiger charge is -2.21. The summed E-state index contributed by atoms with van der Waals surface area (Å²) in [6.07, 6.45) is -0.0190. The van der Waals surface area contributed by atoms with Gasteiger partial charge in [-0.3, -0.25) is 9.59 Å². The number of hydrogen-bond acceptors (Lipinski definition) is 6. The molecule has 0 saturated carbocycles. The van der Waals surface area contributed by atoms with E-state index in [1.54, 1.807) is 27.7 Å². The van der Waals surface area contributed by atoms with Crippen LogP contribution in [0, 0.1) is 5.92 Å². The third-order valence-electron chi connectivity index (χ3n) is 2.25. The molecule has 0 bridgehead atoms. The number of esters is 2. The minimum Gasteiger partial charge on any atom is -0.460 e. The summed E-state index contributed by atoms with van der Waals surface area (Å²) in [5.41, 5.74) is -0.612. The monoisotopic (exact) mass is 288 g/mol. The van der Waals surface area contributed by atoms with Gasteiger partial charge in [0.2, 0.25) is 0 Å². The van der Waals surface area contributed by atoms with Crippen molar-refractivity contribution in [3.63, 3.8) is 0 Å². The first-order chi connectivity index (χ1) is 9.19. The number of carbonyl (C=O) groups excluding carboxylic acids is 3. The van der Waals surface area contributed by atoms with E-state index in [2.05, 4.69) is 9.47 Å². The highest BCUT2D eigenvalue weighted by Gasteiger charge is 2.27. The molecule has 0 rings (SSSR count). The van der Waals surface area contributed by atoms with Gasteiger partial charge in [0, 0.05) is 0 Å². The van der Waals surface area contributed by atoms with Gasteiger partial charge in [-0.15, -0.1) is 0 Å². The fourth-order valence-electron chi connectivity index (χ4n) is 1.55. The van der Waals surface area contributed by atoms with Crippen molar-refractivity contribution in [2.24, 2.45) is 5.92 Å². The maximum Gasteiger partial charge on any atom is 0.516 e. The van der Waals surface area contributed by atoms with E-state index in [9.17, 15) is 14.4 Å². The lowest BCUT2D eigenvalue weighted by atomic mass is 10.00. The molecule has 1 atom stereocenters. The van der Waals surface area contributed by atoms with Crippen LogP contribution >= 0.6 is 0 Å². The summed E-state index contributed by atoms with van der Waals surface area (Å²) in [4.78, 5) is 34.6. The first-order valence-electron chi connectivity index (χ1n) is 6.79. The van der Waals surface area contributed by atoms with Crippen molar-refractivity contribution in [3.05, 3.63) is 0 Å². The molecule has 0 radical (unpaired) electrons. The third-order valence-corrected chi connectivity index (χ3v) is 2.25. The molecule has 0 fully saturated rings. The van der Waals surface area contributed by atoms with Crippen LogP contribution < -0.4 is 0 Å². The summed E-state index contributed by atoms with van der Waals surface area (Å²) < 4.78 is 14.2. The predicted octanol–water partition coefficient (Wildman–Crippen LogP) is 2.83. The van der Waals surface area contributed by atoms with Gasteiger partial charge in [-0.05, 0) is 34.1 Å². The Balaban J connectivity index is 4.51. The molecule has 0 aromatic rings. The Morgan fingerprint density at radius 3 is 2.15 bits per heavy atom. The van der Waals surface area contributed by atoms with Crippen LogP contribution in [-0.2, 0) is 23.8 Å². The van der Waals surface area contributed by atoms with Gasteiger partial charge in [0.25, 0.3) is 0 Å². The zero-order valence-corrected chi connectivity index (χ0v) is 12.9. The average Bonchev–Trinajstić information content (AvgIpc) is 2.25. The van der Waals surface area contributed by atoms with Crippen molar-refractivity contribution in [1.29, 1.82) is 0 Å². The van der Waals surface area contributed by atoms with Crippen LogP contribution in [0.5, 0.6) is 0 Å². The fourth-order valence-corrected chi connectivity index (χ4v) is 1.55. The lowest BCUT2D eigenvalue weighted by Crippen LogP contribution is -2.29. The second-order valence-electron chi connectivity index (χ2n) is 5.38. The Kier molecular flexibility index (Phi) is 7.87. The van der Waals surface area contributed by atoms with Crippen LogP contribution in [0.2, 0.25) is 0 Å². The Labute approximate surface area is 119 Å². The normalized spacial score (nSPS) is 12.4. The number of ether oxygens (including phenoxy) is 3. The van der Waals surface area contributed by atoms with Gasteiger partial charge >= 0.3 is 18.1 Å². The molecule has 0 aliphatic carbocycles. The molecule has 0 aromatic heterocycles. The van der Waals surface area contributed by atoms with E-state index in [0.29, 0.717) is 12.8 Å². The lowest BCUT2D eigenvalue weighted by molar-refractivity contribution is -0.160. The van der Waals surface area contributed by atoms with Gasteiger partial charge in [-0.2, -0.15) is 0 Å². The molecule has 0 aliphatic rings. The molecule has 20 heavy (non-hydrogen) atoms. The average molecular weight is 288 g/mol. The Bertz CT molecular complexity index is 342. The highest BCUT2D eigenvalue weighted by atomic mass is 16.7. The van der Waals surface area contributed by atoms with Crippen molar-refractivity contribution < 1.29 is 28.6 Å². The van der Waals surface area contributed by atoms with Crippen LogP contribution in [0.1, 0.15) is 53.9 Å². The van der Waals surface area contributed by atoms with E-state index in [1.165, 1.54) is 0 Å². The minimum absolute atomic E-state index is 0.108. The summed E-state index contributed by atoms with van der Waals surface area (Å²) in [6, 6.07) is 0. The summed E-state index contributed by atoms with van der Waals surface area (Å²) in [6.45, 7) is 8.84. The number of hydrogen-bond donors (Lipinski definition) is 0. The Hall–Kier alpha value is -1.59. The second kappa shape index (κ2) is 8.55. The topological polar surface area (TPSA) is 78.9 Å². The Morgan fingerprint density at radius 1 is 1.10 bits per heavy atom. The quantitative estimate of drug-likeness (QED) is 0.552. The number of rotatable bonds is 6. The van der Waals surface area contributed by atoms with Gasteiger partial charge < -0.3 is 14.2 Å². The van der Waals surface area contributed by atoms with E-state index in [1.807, 2.05) is 6.92 Å². The minimum atomic E-state index is -1.04. The second-order valence-corrected chi connectivity index (χ2v) is 5.38. The summed E-state index contributed by atoms with van der Waals surface area (Å²) in [5.74, 6) is -1.94. The van der Waals surface area contributed by atoms with Crippen molar-refractivity contribution in [2.75, 3.05) is 6.61 Å². The van der Waals surface area contributed by atoms with E-state index >= 15 is 0 Å². The van der Waals surface area contributed by atoms with E-state index in [-0.39, 0.29) is 13.0 Å². The van der Waals surface area contributed by atoms with Crippen molar-refractivity contribution in [3.8, 4) is 0 Å². The highest BCUT2D eigenvalue weighted by Crippen LogP contribution is 2.17. The molecule has 116 valence electrons. The molecule has 0 amide bonds. The first kappa shape index (κ1) is 18.4. The molecule has 0 heterocycles. The SMILES string of the molecule is CCC[C@H](CC(=O)OC(C)(C)C)C(=O)OC(=O)OCC. The Morgan fingerprint density at radius 2 is 1.70 bits per heavy atom. The van der Waals surface area contributed by atoms with Crippen molar-refractivity contribution in [1.82, 2.24) is 0 Å². The zero-order chi connectivity index (χ0) is 15.8. The molecule has 0 saturated heterocycles. The van der Waals surface area contributed by atoms with E-state index in [4.69, 9.17) is 4.74 Å². The van der Waals surface area contributed by atoms with Crippen LogP contribution in [0.25, 0.3) is 0 Å². The van der Waals surface area contributed by atoms with E-state index in [0.717, 1.165) is 0 Å². The van der Waals surface area contributed by atoms with Gasteiger partial charge in [0.15, 0.2) is 0 Å². The van der Waals surface area contributed by atoms with Crippen LogP contribution in [0.4, 0.5) is 4.79 Å². The molecule has 6 heteroatoms. The highest BCUT2D eigenvalue weighted by molar-refractivity contribution is 5.86. The van der Waals surface area contributed by atoms with Gasteiger partial charge in [0.1, 0.15) is 5.60 Å². The molecular weight excluding hydrogens is 264 g/mol. The standard InChI is InChI=1S/C14H24O6/c1-6-8-10(9-11(15)20-14(3,4)5)12(16)19-13(17)18-7-2/h10H,6-9H2,1-5H3/t10-/m1/s1. The molecule has 0 aromatic carbocycles. The maximum absolute atomic E-state index is 11.8. The molecule has 0 N–H and O–H groups in total. The first-order valence-corrected chi connectivity index (χ1v) is 6.79. The summed E-state index contributed by atoms with van der Waals surface area (Å²) in [5, 5.41) is 0. The smallest absolute Gasteiger partial charge is 0.460 e. The third kappa shape index (κ3) is 8.50. The molecule has 0 aliphatic heterocycles. The van der Waals surface area contributed by atoms with Crippen molar-refractivity contribution >= 4 is 18.1 Å². The fraction of sp³-hybridized carbons (Fsp3) is 0.786. The molecule has 0 unspecified atom stereocenters. The van der Waals surface area contributed by atoms with Crippen LogP contribution in [-0.4, -0.2) is 30.3 Å². The molecule has 0 spiro atoms. The van der Waals surface area contributed by atoms with Gasteiger partial charge in [-0.25, -0.2) is 4.79 Å². The maximum atomic E-state index is 11.8. The molecule has 6 nitrogen and oxygen atoms in total. The van der Waals surface area contributed by atoms with Gasteiger partial charge in [0.05, 0.1) is 18.9 Å². The molecular formula is C14H24O6. The van der Waals surface area contributed by atoms with Crippen molar-refractivity contribution in [2.45, 2.75) is 59.5 Å². The van der Waals surface area contributed by atoms with Crippen LogP contribution in [0.3, 0.4) is 0 Å². The summed E-state index contributed by atoms with van der Waals surface area (Å²) in [7, 11) is 0. The zero-order valence-electron chi connectivity index (χ0n) is 12.9. The number of carbonyl (C=O) groups is 3.